The van der Waals surface area contributed by atoms with Crippen molar-refractivity contribution in [3.8, 4) is 0 Å². The normalized spacial score (nSPS) is 25.6. The molecule has 1 unspecified atom stereocenters. The summed E-state index contributed by atoms with van der Waals surface area (Å²) in [6, 6.07) is 0.666. The highest BCUT2D eigenvalue weighted by Crippen LogP contribution is 2.24. The van der Waals surface area contributed by atoms with Crippen molar-refractivity contribution in [3.05, 3.63) is 11.7 Å². The summed E-state index contributed by atoms with van der Waals surface area (Å²) in [5, 5.41) is 7.62. The van der Waals surface area contributed by atoms with E-state index in [0.717, 1.165) is 31.2 Å². The molecule has 0 bridgehead atoms. The van der Waals surface area contributed by atoms with E-state index in [9.17, 15) is 0 Å². The molecule has 0 saturated carbocycles. The van der Waals surface area contributed by atoms with Gasteiger partial charge in [-0.1, -0.05) is 5.16 Å². The van der Waals surface area contributed by atoms with Gasteiger partial charge in [0.15, 0.2) is 5.82 Å². The zero-order valence-electron chi connectivity index (χ0n) is 13.3. The van der Waals surface area contributed by atoms with Crippen LogP contribution in [-0.2, 0) is 6.42 Å². The first-order valence-corrected chi connectivity index (χ1v) is 8.49. The molecule has 118 valence electrons. The Hall–Kier alpha value is -0.940. The zero-order valence-corrected chi connectivity index (χ0v) is 13.3. The third-order valence-electron chi connectivity index (χ3n) is 4.99. The largest absolute Gasteiger partial charge is 0.339 e. The van der Waals surface area contributed by atoms with Gasteiger partial charge in [-0.3, -0.25) is 0 Å². The highest BCUT2D eigenvalue weighted by molar-refractivity contribution is 4.99. The van der Waals surface area contributed by atoms with Crippen molar-refractivity contribution >= 4 is 0 Å². The molecule has 0 amide bonds. The summed E-state index contributed by atoms with van der Waals surface area (Å²) in [6.07, 6.45) is 5.85. The average molecular weight is 292 g/mol. The van der Waals surface area contributed by atoms with Gasteiger partial charge in [-0.15, -0.1) is 0 Å². The zero-order chi connectivity index (χ0) is 14.7. The molecule has 1 N–H and O–H groups in total. The van der Waals surface area contributed by atoms with E-state index < -0.39 is 0 Å². The van der Waals surface area contributed by atoms with Crippen LogP contribution in [0.2, 0.25) is 0 Å². The van der Waals surface area contributed by atoms with Gasteiger partial charge >= 0.3 is 0 Å². The van der Waals surface area contributed by atoms with Crippen LogP contribution in [0.5, 0.6) is 0 Å². The number of rotatable bonds is 4. The van der Waals surface area contributed by atoms with Crippen LogP contribution in [0.15, 0.2) is 4.52 Å². The summed E-state index contributed by atoms with van der Waals surface area (Å²) in [4.78, 5) is 7.21. The standard InChI is InChI=1S/C16H28N4O/c1-12(2)20-8-5-13(6-9-20)10-15-18-16(19-21-15)14-4-3-7-17-11-14/h12-14,17H,3-11H2,1-2H3. The quantitative estimate of drug-likeness (QED) is 0.922. The molecule has 3 heterocycles. The number of likely N-dealkylation sites (tertiary alicyclic amines) is 1. The van der Waals surface area contributed by atoms with Crippen LogP contribution in [0.3, 0.4) is 0 Å². The predicted octanol–water partition coefficient (Wildman–Crippen LogP) is 2.20. The molecule has 2 fully saturated rings. The third kappa shape index (κ3) is 3.83. The first kappa shape index (κ1) is 15.0. The van der Waals surface area contributed by atoms with E-state index >= 15 is 0 Å². The van der Waals surface area contributed by atoms with E-state index in [1.807, 2.05) is 0 Å². The summed E-state index contributed by atoms with van der Waals surface area (Å²) >= 11 is 0. The van der Waals surface area contributed by atoms with Crippen LogP contribution in [0.25, 0.3) is 0 Å². The monoisotopic (exact) mass is 292 g/mol. The molecule has 3 rings (SSSR count). The molecule has 0 aliphatic carbocycles. The SMILES string of the molecule is CC(C)N1CCC(Cc2nc(C3CCCNC3)no2)CC1. The van der Waals surface area contributed by atoms with Gasteiger partial charge in [-0.25, -0.2) is 0 Å². The van der Waals surface area contributed by atoms with E-state index in [-0.39, 0.29) is 0 Å². The van der Waals surface area contributed by atoms with Crippen molar-refractivity contribution in [2.24, 2.45) is 5.92 Å². The second kappa shape index (κ2) is 6.88. The van der Waals surface area contributed by atoms with Crippen molar-refractivity contribution in [2.75, 3.05) is 26.2 Å². The van der Waals surface area contributed by atoms with E-state index in [1.54, 1.807) is 0 Å². The second-order valence-electron chi connectivity index (χ2n) is 6.87. The van der Waals surface area contributed by atoms with Crippen LogP contribution >= 0.6 is 0 Å². The summed E-state index contributed by atoms with van der Waals surface area (Å²) in [5.74, 6) is 2.91. The van der Waals surface area contributed by atoms with Gasteiger partial charge in [0.05, 0.1) is 0 Å². The molecule has 5 nitrogen and oxygen atoms in total. The smallest absolute Gasteiger partial charge is 0.226 e. The average Bonchev–Trinajstić information content (AvgIpc) is 2.97. The van der Waals surface area contributed by atoms with Crippen molar-refractivity contribution < 1.29 is 4.52 Å². The number of nitrogens with zero attached hydrogens (tertiary/aromatic N) is 3. The van der Waals surface area contributed by atoms with Crippen LogP contribution in [-0.4, -0.2) is 47.3 Å². The van der Waals surface area contributed by atoms with E-state index in [1.165, 1.54) is 38.8 Å². The van der Waals surface area contributed by atoms with E-state index in [2.05, 4.69) is 34.2 Å². The highest BCUT2D eigenvalue weighted by Gasteiger charge is 2.25. The maximum Gasteiger partial charge on any atom is 0.226 e. The molecule has 1 aromatic heterocycles. The van der Waals surface area contributed by atoms with Gasteiger partial charge in [-0.2, -0.15) is 4.98 Å². The minimum absolute atomic E-state index is 0.444. The molecule has 0 aromatic carbocycles. The molecule has 0 spiro atoms. The van der Waals surface area contributed by atoms with Crippen LogP contribution in [0, 0.1) is 5.92 Å². The summed E-state index contributed by atoms with van der Waals surface area (Å²) in [5.41, 5.74) is 0. The Balaban J connectivity index is 1.51. The fraction of sp³-hybridized carbons (Fsp3) is 0.875. The summed E-state index contributed by atoms with van der Waals surface area (Å²) in [6.45, 7) is 9.08. The molecule has 5 heteroatoms. The van der Waals surface area contributed by atoms with Gasteiger partial charge in [0.1, 0.15) is 0 Å². The Kier molecular flexibility index (Phi) is 4.91. The number of aromatic nitrogens is 2. The van der Waals surface area contributed by atoms with Crippen molar-refractivity contribution in [3.63, 3.8) is 0 Å². The van der Waals surface area contributed by atoms with Gasteiger partial charge in [0.2, 0.25) is 5.89 Å². The maximum atomic E-state index is 5.49. The van der Waals surface area contributed by atoms with Gasteiger partial charge in [-0.05, 0) is 65.1 Å². The Morgan fingerprint density at radius 2 is 2.10 bits per heavy atom. The fourth-order valence-electron chi connectivity index (χ4n) is 3.51. The molecule has 21 heavy (non-hydrogen) atoms. The van der Waals surface area contributed by atoms with Gasteiger partial charge in [0, 0.05) is 24.9 Å². The minimum Gasteiger partial charge on any atom is -0.339 e. The lowest BCUT2D eigenvalue weighted by atomic mass is 9.93. The molecular formula is C16H28N4O. The molecule has 2 saturated heterocycles. The first-order chi connectivity index (χ1) is 10.2. The number of nitrogens with one attached hydrogen (secondary N) is 1. The summed E-state index contributed by atoms with van der Waals surface area (Å²) in [7, 11) is 0. The number of hydrogen-bond acceptors (Lipinski definition) is 5. The Labute approximate surface area is 127 Å². The van der Waals surface area contributed by atoms with Crippen molar-refractivity contribution in [2.45, 2.75) is 57.9 Å². The lowest BCUT2D eigenvalue weighted by Crippen LogP contribution is -2.38. The molecule has 2 aliphatic heterocycles. The molecular weight excluding hydrogens is 264 g/mol. The van der Waals surface area contributed by atoms with Gasteiger partial charge in [0.25, 0.3) is 0 Å². The fourth-order valence-corrected chi connectivity index (χ4v) is 3.51. The van der Waals surface area contributed by atoms with E-state index in [4.69, 9.17) is 4.52 Å². The minimum atomic E-state index is 0.444. The molecule has 0 radical (unpaired) electrons. The number of hydrogen-bond donors (Lipinski definition) is 1. The van der Waals surface area contributed by atoms with Crippen LogP contribution in [0.4, 0.5) is 0 Å². The molecule has 1 aromatic rings. The highest BCUT2D eigenvalue weighted by atomic mass is 16.5. The first-order valence-electron chi connectivity index (χ1n) is 8.49. The number of piperidine rings is 2. The van der Waals surface area contributed by atoms with Gasteiger partial charge < -0.3 is 14.7 Å². The van der Waals surface area contributed by atoms with Crippen molar-refractivity contribution in [1.82, 2.24) is 20.4 Å². The van der Waals surface area contributed by atoms with Crippen LogP contribution in [0.1, 0.15) is 57.2 Å². The molecule has 2 aliphatic rings. The topological polar surface area (TPSA) is 54.2 Å². The Morgan fingerprint density at radius 1 is 1.29 bits per heavy atom. The lowest BCUT2D eigenvalue weighted by molar-refractivity contribution is 0.145. The third-order valence-corrected chi connectivity index (χ3v) is 4.99. The Bertz CT molecular complexity index is 431. The lowest BCUT2D eigenvalue weighted by Gasteiger charge is -2.34. The molecule has 1 atom stereocenters. The second-order valence-corrected chi connectivity index (χ2v) is 6.87. The Morgan fingerprint density at radius 3 is 2.76 bits per heavy atom. The van der Waals surface area contributed by atoms with Crippen molar-refractivity contribution in [1.29, 1.82) is 0 Å². The summed E-state index contributed by atoms with van der Waals surface area (Å²) < 4.78 is 5.49. The van der Waals surface area contributed by atoms with E-state index in [0.29, 0.717) is 17.9 Å². The van der Waals surface area contributed by atoms with Crippen LogP contribution < -0.4 is 5.32 Å². The predicted molar refractivity (Wildman–Crippen MR) is 82.3 cm³/mol. The maximum absolute atomic E-state index is 5.49.